The van der Waals surface area contributed by atoms with Gasteiger partial charge in [0.05, 0.1) is 5.56 Å². The fraction of sp³-hybridized carbons (Fsp3) is 0.318. The summed E-state index contributed by atoms with van der Waals surface area (Å²) in [7, 11) is 0. The Bertz CT molecular complexity index is 1170. The van der Waals surface area contributed by atoms with E-state index in [-0.39, 0.29) is 17.9 Å². The maximum atomic E-state index is 13.0. The third-order valence-electron chi connectivity index (χ3n) is 5.73. The lowest BCUT2D eigenvalue weighted by Gasteiger charge is -2.38. The van der Waals surface area contributed by atoms with Gasteiger partial charge in [0.2, 0.25) is 11.0 Å². The number of benzene rings is 1. The Labute approximate surface area is 199 Å². The monoisotopic (exact) mass is 484 g/mol. The second-order valence-electron chi connectivity index (χ2n) is 7.84. The van der Waals surface area contributed by atoms with Gasteiger partial charge in [0.1, 0.15) is 12.4 Å². The number of rotatable bonds is 6. The molecule has 0 unspecified atom stereocenters. The Hall–Kier alpha value is -3.24. The van der Waals surface area contributed by atoms with Crippen molar-refractivity contribution < 1.29 is 14.3 Å². The molecule has 2 aliphatic rings. The second-order valence-corrected chi connectivity index (χ2v) is 9.22. The van der Waals surface area contributed by atoms with Crippen LogP contribution in [0.4, 0.5) is 10.9 Å². The summed E-state index contributed by atoms with van der Waals surface area (Å²) in [6.45, 7) is 2.28. The topological polar surface area (TPSA) is 101 Å². The van der Waals surface area contributed by atoms with Crippen molar-refractivity contribution in [2.24, 2.45) is 0 Å². The van der Waals surface area contributed by atoms with Crippen LogP contribution in [0.5, 0.6) is 5.19 Å². The number of ether oxygens (including phenoxy) is 1. The molecule has 2 aromatic heterocycles. The SMILES string of the molecule is O=C(Nc1nnc(OCc2ccc(Cl)cc2)s1)c1cccnc1N1CCN2C(=O)CC[C@H]2C1. The number of hydrogen-bond acceptors (Lipinski definition) is 8. The average Bonchev–Trinajstić information content (AvgIpc) is 3.44. The minimum absolute atomic E-state index is 0.174. The maximum Gasteiger partial charge on any atom is 0.296 e. The molecular formula is C22H21ClN6O3S. The van der Waals surface area contributed by atoms with Crippen LogP contribution in [-0.2, 0) is 11.4 Å². The van der Waals surface area contributed by atoms with Gasteiger partial charge in [-0.05, 0) is 47.6 Å². The lowest BCUT2D eigenvalue weighted by molar-refractivity contribution is -0.129. The molecule has 9 nitrogen and oxygen atoms in total. The predicted octanol–water partition coefficient (Wildman–Crippen LogP) is 3.23. The molecule has 0 saturated carbocycles. The molecule has 3 aromatic rings. The summed E-state index contributed by atoms with van der Waals surface area (Å²) in [5, 5.41) is 12.2. The Balaban J connectivity index is 1.24. The van der Waals surface area contributed by atoms with E-state index in [1.54, 1.807) is 30.5 Å². The first-order valence-corrected chi connectivity index (χ1v) is 11.8. The van der Waals surface area contributed by atoms with Crippen LogP contribution in [0.2, 0.25) is 5.02 Å². The Morgan fingerprint density at radius 1 is 1.21 bits per heavy atom. The summed E-state index contributed by atoms with van der Waals surface area (Å²) in [6, 6.07) is 11.0. The molecule has 1 N–H and O–H groups in total. The number of pyridine rings is 1. The zero-order valence-electron chi connectivity index (χ0n) is 17.6. The Morgan fingerprint density at radius 2 is 2.06 bits per heavy atom. The molecule has 0 aliphatic carbocycles. The smallest absolute Gasteiger partial charge is 0.296 e. The molecule has 2 saturated heterocycles. The standard InChI is InChI=1S/C22H21ClN6O3S/c23-15-5-3-14(4-6-15)13-32-22-27-26-21(33-22)25-20(31)17-2-1-9-24-19(17)28-10-11-29-16(12-28)7-8-18(29)30/h1-6,9,16H,7-8,10-13H2,(H,25,26,31)/t16-/m0/s1. The van der Waals surface area contributed by atoms with Crippen molar-refractivity contribution in [3.63, 3.8) is 0 Å². The van der Waals surface area contributed by atoms with E-state index < -0.39 is 0 Å². The third kappa shape index (κ3) is 4.76. The fourth-order valence-corrected chi connectivity index (χ4v) is 4.81. The van der Waals surface area contributed by atoms with E-state index in [9.17, 15) is 9.59 Å². The summed E-state index contributed by atoms with van der Waals surface area (Å²) in [4.78, 5) is 33.5. The molecule has 1 aromatic carbocycles. The third-order valence-corrected chi connectivity index (χ3v) is 6.73. The van der Waals surface area contributed by atoms with Crippen LogP contribution in [0.1, 0.15) is 28.8 Å². The first-order chi connectivity index (χ1) is 16.1. The van der Waals surface area contributed by atoms with E-state index in [4.69, 9.17) is 16.3 Å². The quantitative estimate of drug-likeness (QED) is 0.573. The minimum atomic E-state index is -0.316. The second kappa shape index (κ2) is 9.32. The molecule has 2 fully saturated rings. The van der Waals surface area contributed by atoms with Crippen LogP contribution >= 0.6 is 22.9 Å². The molecule has 5 rings (SSSR count). The highest BCUT2D eigenvalue weighted by Gasteiger charge is 2.36. The molecule has 0 bridgehead atoms. The van der Waals surface area contributed by atoms with Gasteiger partial charge in [0.15, 0.2) is 0 Å². The number of fused-ring (bicyclic) bond motifs is 1. The Morgan fingerprint density at radius 3 is 2.91 bits per heavy atom. The number of hydrogen-bond donors (Lipinski definition) is 1. The van der Waals surface area contributed by atoms with Crippen molar-refractivity contribution in [3.8, 4) is 5.19 Å². The van der Waals surface area contributed by atoms with Gasteiger partial charge in [-0.3, -0.25) is 14.9 Å². The van der Waals surface area contributed by atoms with Gasteiger partial charge in [-0.15, -0.1) is 5.10 Å². The number of piperazine rings is 1. The van der Waals surface area contributed by atoms with Gasteiger partial charge in [0.25, 0.3) is 11.1 Å². The molecular weight excluding hydrogens is 464 g/mol. The van der Waals surface area contributed by atoms with Crippen LogP contribution in [0, 0.1) is 0 Å². The van der Waals surface area contributed by atoms with E-state index in [0.29, 0.717) is 59.4 Å². The van der Waals surface area contributed by atoms with Gasteiger partial charge in [-0.25, -0.2) is 4.98 Å². The van der Waals surface area contributed by atoms with Gasteiger partial charge < -0.3 is 14.5 Å². The van der Waals surface area contributed by atoms with Crippen molar-refractivity contribution in [2.45, 2.75) is 25.5 Å². The zero-order valence-corrected chi connectivity index (χ0v) is 19.2. The zero-order chi connectivity index (χ0) is 22.8. The van der Waals surface area contributed by atoms with Crippen molar-refractivity contribution in [2.75, 3.05) is 29.9 Å². The van der Waals surface area contributed by atoms with E-state index in [1.807, 2.05) is 17.0 Å². The Kier molecular flexibility index (Phi) is 6.10. The van der Waals surface area contributed by atoms with Crippen LogP contribution in [0.15, 0.2) is 42.6 Å². The van der Waals surface area contributed by atoms with Crippen molar-refractivity contribution in [3.05, 3.63) is 58.7 Å². The van der Waals surface area contributed by atoms with Gasteiger partial charge in [-0.2, -0.15) is 0 Å². The van der Waals surface area contributed by atoms with Crippen LogP contribution < -0.4 is 15.0 Å². The maximum absolute atomic E-state index is 13.0. The lowest BCUT2D eigenvalue weighted by Crippen LogP contribution is -2.52. The first kappa shape index (κ1) is 21.6. The van der Waals surface area contributed by atoms with Gasteiger partial charge in [-0.1, -0.05) is 28.8 Å². The van der Waals surface area contributed by atoms with E-state index in [2.05, 4.69) is 25.4 Å². The number of aromatic nitrogens is 3. The number of amides is 2. The average molecular weight is 485 g/mol. The van der Waals surface area contributed by atoms with Gasteiger partial charge >= 0.3 is 0 Å². The van der Waals surface area contributed by atoms with Crippen LogP contribution in [-0.4, -0.2) is 57.6 Å². The number of carbonyl (C=O) groups excluding carboxylic acids is 2. The molecule has 2 aliphatic heterocycles. The number of nitrogens with zero attached hydrogens (tertiary/aromatic N) is 5. The molecule has 2 amide bonds. The number of nitrogens with one attached hydrogen (secondary N) is 1. The molecule has 1 atom stereocenters. The van der Waals surface area contributed by atoms with Crippen molar-refractivity contribution in [1.82, 2.24) is 20.1 Å². The molecule has 4 heterocycles. The molecule has 0 spiro atoms. The van der Waals surface area contributed by atoms with Crippen molar-refractivity contribution in [1.29, 1.82) is 0 Å². The van der Waals surface area contributed by atoms with Crippen LogP contribution in [0.25, 0.3) is 0 Å². The summed E-state index contributed by atoms with van der Waals surface area (Å²) >= 11 is 7.05. The molecule has 11 heteroatoms. The number of carbonyl (C=O) groups is 2. The summed E-state index contributed by atoms with van der Waals surface area (Å²) in [5.41, 5.74) is 1.40. The number of halogens is 1. The molecule has 0 radical (unpaired) electrons. The number of anilines is 2. The first-order valence-electron chi connectivity index (χ1n) is 10.6. The fourth-order valence-electron chi connectivity index (χ4n) is 4.09. The summed E-state index contributed by atoms with van der Waals surface area (Å²) in [5.74, 6) is 0.505. The lowest BCUT2D eigenvalue weighted by atomic mass is 10.1. The van der Waals surface area contributed by atoms with E-state index in [0.717, 1.165) is 23.3 Å². The largest absolute Gasteiger partial charge is 0.464 e. The van der Waals surface area contributed by atoms with E-state index >= 15 is 0 Å². The highest BCUT2D eigenvalue weighted by atomic mass is 35.5. The predicted molar refractivity (Wildman–Crippen MR) is 125 cm³/mol. The van der Waals surface area contributed by atoms with Gasteiger partial charge in [0, 0.05) is 43.3 Å². The summed E-state index contributed by atoms with van der Waals surface area (Å²) < 4.78 is 5.67. The summed E-state index contributed by atoms with van der Waals surface area (Å²) in [6.07, 6.45) is 3.10. The normalized spacial score (nSPS) is 17.7. The molecule has 170 valence electrons. The van der Waals surface area contributed by atoms with E-state index in [1.165, 1.54) is 0 Å². The highest BCUT2D eigenvalue weighted by molar-refractivity contribution is 7.17. The van der Waals surface area contributed by atoms with Crippen molar-refractivity contribution >= 4 is 45.7 Å². The highest BCUT2D eigenvalue weighted by Crippen LogP contribution is 2.28. The van der Waals surface area contributed by atoms with Crippen LogP contribution in [0.3, 0.4) is 0 Å². The minimum Gasteiger partial charge on any atom is -0.464 e. The molecule has 33 heavy (non-hydrogen) atoms.